The average Bonchev–Trinajstić information content (AvgIpc) is 2.73. The van der Waals surface area contributed by atoms with Crippen LogP contribution in [0.1, 0.15) is 30.6 Å². The van der Waals surface area contributed by atoms with Gasteiger partial charge in [0.05, 0.1) is 17.2 Å². The van der Waals surface area contributed by atoms with Crippen molar-refractivity contribution in [2.75, 3.05) is 13.7 Å². The van der Waals surface area contributed by atoms with Gasteiger partial charge < -0.3 is 14.6 Å². The molecule has 8 heteroatoms. The Morgan fingerprint density at radius 1 is 1.14 bits per heavy atom. The van der Waals surface area contributed by atoms with Gasteiger partial charge in [0.2, 0.25) is 0 Å². The summed E-state index contributed by atoms with van der Waals surface area (Å²) in [5.74, 6) is 6.36. The van der Waals surface area contributed by atoms with Gasteiger partial charge in [-0.3, -0.25) is 10.2 Å². The highest BCUT2D eigenvalue weighted by Crippen LogP contribution is 2.28. The van der Waals surface area contributed by atoms with Crippen LogP contribution < -0.4 is 20.3 Å². The van der Waals surface area contributed by atoms with Crippen LogP contribution in [0.25, 0.3) is 0 Å². The van der Waals surface area contributed by atoms with Crippen molar-refractivity contribution in [3.05, 3.63) is 57.6 Å². The molecule has 0 bridgehead atoms. The van der Waals surface area contributed by atoms with E-state index in [-0.39, 0.29) is 11.6 Å². The Bertz CT molecular complexity index is 909. The van der Waals surface area contributed by atoms with Crippen LogP contribution in [0, 0.1) is 11.8 Å². The van der Waals surface area contributed by atoms with Crippen molar-refractivity contribution in [2.45, 2.75) is 26.0 Å². The third-order valence-electron chi connectivity index (χ3n) is 3.84. The molecule has 0 aliphatic rings. The van der Waals surface area contributed by atoms with E-state index < -0.39 is 12.0 Å². The molecule has 0 aliphatic carbocycles. The maximum Gasteiger partial charge on any atom is 0.267 e. The number of aliphatic hydroxyl groups excluding tert-OH is 1. The van der Waals surface area contributed by atoms with Gasteiger partial charge in [0.25, 0.3) is 5.91 Å². The van der Waals surface area contributed by atoms with Crippen molar-refractivity contribution in [1.82, 2.24) is 10.9 Å². The molecule has 0 heterocycles. The molecule has 154 valence electrons. The van der Waals surface area contributed by atoms with Crippen LogP contribution in [0.2, 0.25) is 10.0 Å². The molecule has 0 radical (unpaired) electrons. The number of halogens is 2. The summed E-state index contributed by atoms with van der Waals surface area (Å²) in [6.07, 6.45) is -0.608. The fourth-order valence-electron chi connectivity index (χ4n) is 2.37. The third kappa shape index (κ3) is 6.84. The Balaban J connectivity index is 1.90. The highest BCUT2D eigenvalue weighted by atomic mass is 35.5. The van der Waals surface area contributed by atoms with E-state index in [0.717, 1.165) is 12.0 Å². The lowest BCUT2D eigenvalue weighted by Crippen LogP contribution is -2.40. The zero-order chi connectivity index (χ0) is 21.2. The number of amides is 1. The van der Waals surface area contributed by atoms with E-state index in [1.165, 1.54) is 18.2 Å². The number of ether oxygens (including phenoxy) is 2. The smallest absolute Gasteiger partial charge is 0.267 e. The molecule has 2 aromatic carbocycles. The number of hydrogen-bond acceptors (Lipinski definition) is 5. The zero-order valence-corrected chi connectivity index (χ0v) is 17.6. The minimum absolute atomic E-state index is 0.263. The second-order valence-corrected chi connectivity index (χ2v) is 6.71. The van der Waals surface area contributed by atoms with Crippen molar-refractivity contribution >= 4 is 29.1 Å². The van der Waals surface area contributed by atoms with E-state index in [9.17, 15) is 9.90 Å². The largest absolute Gasteiger partial charge is 0.493 e. The first-order chi connectivity index (χ1) is 14.0. The van der Waals surface area contributed by atoms with Crippen molar-refractivity contribution < 1.29 is 19.4 Å². The van der Waals surface area contributed by atoms with Crippen LogP contribution in [0.5, 0.6) is 11.5 Å². The molecule has 1 amide bonds. The number of aliphatic hydroxyl groups is 1. The van der Waals surface area contributed by atoms with E-state index in [1.807, 2.05) is 13.0 Å². The summed E-state index contributed by atoms with van der Waals surface area (Å²) >= 11 is 11.8. The molecule has 2 rings (SSSR count). The predicted molar refractivity (Wildman–Crippen MR) is 113 cm³/mol. The molecule has 0 saturated heterocycles. The number of rotatable bonds is 8. The van der Waals surface area contributed by atoms with Gasteiger partial charge in [-0.1, -0.05) is 48.2 Å². The summed E-state index contributed by atoms with van der Waals surface area (Å²) in [6, 6.07) is 9.90. The zero-order valence-electron chi connectivity index (χ0n) is 16.1. The van der Waals surface area contributed by atoms with Crippen LogP contribution in [-0.4, -0.2) is 24.7 Å². The average molecular weight is 437 g/mol. The number of hydrogen-bond donors (Lipinski definition) is 3. The standard InChI is InChI=1S/C21H22Cl2N2O4/c1-3-4-5-10-29-18-9-6-14(11-19(18)28-2)13-24-25-21(27)20(26)15-7-8-16(22)17(23)12-15/h6-9,11-12,20,24,26H,3,10,13H2,1-2H3,(H,25,27). The summed E-state index contributed by atoms with van der Waals surface area (Å²) in [6.45, 7) is 2.56. The minimum Gasteiger partial charge on any atom is -0.493 e. The number of carbonyl (C=O) groups is 1. The summed E-state index contributed by atoms with van der Waals surface area (Å²) in [7, 11) is 1.55. The fourth-order valence-corrected chi connectivity index (χ4v) is 2.67. The van der Waals surface area contributed by atoms with E-state index in [0.29, 0.717) is 28.6 Å². The molecule has 3 N–H and O–H groups in total. The van der Waals surface area contributed by atoms with Crippen molar-refractivity contribution in [1.29, 1.82) is 0 Å². The SMILES string of the molecule is CCC#CCOc1ccc(CNNC(=O)C(O)c2ccc(Cl)c(Cl)c2)cc1OC. The molecule has 0 saturated carbocycles. The summed E-state index contributed by atoms with van der Waals surface area (Å²) in [4.78, 5) is 12.1. The van der Waals surface area contributed by atoms with Crippen LogP contribution in [0.15, 0.2) is 36.4 Å². The van der Waals surface area contributed by atoms with E-state index >= 15 is 0 Å². The Morgan fingerprint density at radius 3 is 2.62 bits per heavy atom. The van der Waals surface area contributed by atoms with Crippen LogP contribution in [0.4, 0.5) is 0 Å². The topological polar surface area (TPSA) is 79.8 Å². The number of benzene rings is 2. The molecule has 0 spiro atoms. The van der Waals surface area contributed by atoms with Gasteiger partial charge in [-0.25, -0.2) is 5.43 Å². The van der Waals surface area contributed by atoms with Gasteiger partial charge in [-0.2, -0.15) is 0 Å². The lowest BCUT2D eigenvalue weighted by molar-refractivity contribution is -0.130. The van der Waals surface area contributed by atoms with Gasteiger partial charge in [0.1, 0.15) is 6.61 Å². The fraction of sp³-hybridized carbons (Fsp3) is 0.286. The van der Waals surface area contributed by atoms with Gasteiger partial charge in [-0.05, 0) is 35.4 Å². The van der Waals surface area contributed by atoms with E-state index in [2.05, 4.69) is 22.7 Å². The molecule has 0 aromatic heterocycles. The Labute approximate surface area is 180 Å². The summed E-state index contributed by atoms with van der Waals surface area (Å²) in [5, 5.41) is 10.7. The maximum absolute atomic E-state index is 12.1. The van der Waals surface area contributed by atoms with Gasteiger partial charge in [0.15, 0.2) is 17.6 Å². The number of methoxy groups -OCH3 is 1. The molecule has 6 nitrogen and oxygen atoms in total. The lowest BCUT2D eigenvalue weighted by Gasteiger charge is -2.14. The number of hydrazine groups is 1. The molecule has 0 fully saturated rings. The second kappa shape index (κ2) is 11.5. The van der Waals surface area contributed by atoms with Gasteiger partial charge in [-0.15, -0.1) is 5.92 Å². The quantitative estimate of drug-likeness (QED) is 0.434. The minimum atomic E-state index is -1.38. The second-order valence-electron chi connectivity index (χ2n) is 5.90. The summed E-state index contributed by atoms with van der Waals surface area (Å²) in [5.41, 5.74) is 6.42. The Morgan fingerprint density at radius 2 is 1.93 bits per heavy atom. The Hall–Kier alpha value is -2.43. The number of carbonyl (C=O) groups excluding carboxylic acids is 1. The predicted octanol–water partition coefficient (Wildman–Crippen LogP) is 3.65. The summed E-state index contributed by atoms with van der Waals surface area (Å²) < 4.78 is 10.9. The Kier molecular flexibility index (Phi) is 9.10. The van der Waals surface area contributed by atoms with Crippen LogP contribution in [0.3, 0.4) is 0 Å². The van der Waals surface area contributed by atoms with Crippen LogP contribution >= 0.6 is 23.2 Å². The molecule has 2 aromatic rings. The van der Waals surface area contributed by atoms with Crippen LogP contribution in [-0.2, 0) is 11.3 Å². The molecule has 29 heavy (non-hydrogen) atoms. The molecule has 1 atom stereocenters. The van der Waals surface area contributed by atoms with Crippen molar-refractivity contribution in [3.63, 3.8) is 0 Å². The molecular formula is C21H22Cl2N2O4. The molecular weight excluding hydrogens is 415 g/mol. The monoisotopic (exact) mass is 436 g/mol. The van der Waals surface area contributed by atoms with E-state index in [1.54, 1.807) is 19.2 Å². The van der Waals surface area contributed by atoms with Gasteiger partial charge >= 0.3 is 0 Å². The van der Waals surface area contributed by atoms with E-state index in [4.69, 9.17) is 32.7 Å². The molecule has 1 unspecified atom stereocenters. The van der Waals surface area contributed by atoms with Gasteiger partial charge in [0, 0.05) is 13.0 Å². The highest BCUT2D eigenvalue weighted by molar-refractivity contribution is 6.42. The maximum atomic E-state index is 12.1. The number of nitrogens with one attached hydrogen (secondary N) is 2. The lowest BCUT2D eigenvalue weighted by atomic mass is 10.1. The third-order valence-corrected chi connectivity index (χ3v) is 4.58. The molecule has 0 aliphatic heterocycles. The first kappa shape index (κ1) is 22.9. The van der Waals surface area contributed by atoms with Crippen molar-refractivity contribution in [2.24, 2.45) is 0 Å². The first-order valence-electron chi connectivity index (χ1n) is 8.87. The first-order valence-corrected chi connectivity index (χ1v) is 9.63. The van der Waals surface area contributed by atoms with Crippen molar-refractivity contribution in [3.8, 4) is 23.3 Å². The normalized spacial score (nSPS) is 11.2. The highest BCUT2D eigenvalue weighted by Gasteiger charge is 2.18.